The number of carbonyl (C=O) groups is 2. The average molecular weight is 479 g/mol. The van der Waals surface area contributed by atoms with E-state index in [1.54, 1.807) is 12.4 Å². The van der Waals surface area contributed by atoms with Crippen molar-refractivity contribution in [3.8, 4) is 22.3 Å². The highest BCUT2D eigenvalue weighted by Gasteiger charge is 2.45. The number of rotatable bonds is 6. The van der Waals surface area contributed by atoms with Crippen LogP contribution in [0.15, 0.2) is 78.0 Å². The van der Waals surface area contributed by atoms with Crippen LogP contribution in [-0.2, 0) is 9.59 Å². The van der Waals surface area contributed by atoms with Crippen molar-refractivity contribution in [2.45, 2.75) is 32.2 Å². The first kappa shape index (κ1) is 22.7. The van der Waals surface area contributed by atoms with Crippen molar-refractivity contribution in [1.29, 1.82) is 0 Å². The van der Waals surface area contributed by atoms with E-state index in [1.807, 2.05) is 35.8 Å². The number of aromatic nitrogens is 1. The lowest BCUT2D eigenvalue weighted by atomic mass is 9.97. The number of amidine groups is 1. The molecule has 2 aliphatic heterocycles. The van der Waals surface area contributed by atoms with Crippen LogP contribution in [0.2, 0.25) is 0 Å². The predicted molar refractivity (Wildman–Crippen MR) is 140 cm³/mol. The summed E-state index contributed by atoms with van der Waals surface area (Å²) in [5, 5.41) is 0. The lowest BCUT2D eigenvalue weighted by Crippen LogP contribution is -2.55. The number of pyridine rings is 1. The number of amides is 2. The second kappa shape index (κ2) is 8.70. The minimum atomic E-state index is -0.774. The number of hydrogen-bond acceptors (Lipinski definition) is 4. The van der Waals surface area contributed by atoms with Crippen molar-refractivity contribution in [2.24, 2.45) is 16.8 Å². The number of aliphatic imine (C=N–C) groups is 1. The SMILES string of the molecule is CC1(C)N=C(c2ccc(-c3ccc(-c4ccncc4)cc3)cc2)N(CC2CN(C(=O)C3CC3)C2)C1=O. The molecule has 1 aliphatic carbocycles. The van der Waals surface area contributed by atoms with E-state index in [9.17, 15) is 9.59 Å². The van der Waals surface area contributed by atoms with Crippen molar-refractivity contribution in [3.05, 3.63) is 78.6 Å². The third-order valence-corrected chi connectivity index (χ3v) is 7.42. The number of nitrogens with zero attached hydrogens (tertiary/aromatic N) is 4. The highest BCUT2D eigenvalue weighted by molar-refractivity contribution is 6.15. The Bertz CT molecular complexity index is 1320. The van der Waals surface area contributed by atoms with Crippen LogP contribution in [0.25, 0.3) is 22.3 Å². The number of benzene rings is 2. The van der Waals surface area contributed by atoms with E-state index in [0.717, 1.165) is 59.6 Å². The molecule has 3 aliphatic rings. The lowest BCUT2D eigenvalue weighted by molar-refractivity contribution is -0.140. The number of carbonyl (C=O) groups excluding carboxylic acids is 2. The molecule has 36 heavy (non-hydrogen) atoms. The summed E-state index contributed by atoms with van der Waals surface area (Å²) in [6, 6.07) is 20.8. The van der Waals surface area contributed by atoms with Gasteiger partial charge in [0.2, 0.25) is 5.91 Å². The van der Waals surface area contributed by atoms with E-state index in [4.69, 9.17) is 4.99 Å². The van der Waals surface area contributed by atoms with Crippen LogP contribution in [0.5, 0.6) is 0 Å². The van der Waals surface area contributed by atoms with Gasteiger partial charge in [0.15, 0.2) is 0 Å². The fourth-order valence-electron chi connectivity index (χ4n) is 5.11. The molecule has 0 bridgehead atoms. The summed E-state index contributed by atoms with van der Waals surface area (Å²) < 4.78 is 0. The van der Waals surface area contributed by atoms with Gasteiger partial charge in [0.05, 0.1) is 0 Å². The number of hydrogen-bond donors (Lipinski definition) is 0. The minimum absolute atomic E-state index is 0.0280. The first-order valence-electron chi connectivity index (χ1n) is 12.7. The van der Waals surface area contributed by atoms with Gasteiger partial charge in [-0.15, -0.1) is 0 Å². The Kier molecular flexibility index (Phi) is 5.47. The van der Waals surface area contributed by atoms with Gasteiger partial charge < -0.3 is 4.90 Å². The molecular weight excluding hydrogens is 448 g/mol. The standard InChI is InChI=1S/C30H30N4O2/c1-30(2)29(36)34(19-20-17-33(18-20)28(35)26-11-12-26)27(32-30)25-9-7-22(8-10-25)21-3-5-23(6-4-21)24-13-15-31-16-14-24/h3-10,13-16,20,26H,11-12,17-19H2,1-2H3. The van der Waals surface area contributed by atoms with Gasteiger partial charge in [0, 0.05) is 49.4 Å². The Labute approximate surface area is 211 Å². The number of likely N-dealkylation sites (tertiary alicyclic amines) is 1. The topological polar surface area (TPSA) is 65.9 Å². The molecule has 6 nitrogen and oxygen atoms in total. The molecule has 0 atom stereocenters. The third kappa shape index (κ3) is 4.21. The average Bonchev–Trinajstić information content (AvgIpc) is 3.70. The lowest BCUT2D eigenvalue weighted by Gasteiger charge is -2.41. The zero-order chi connectivity index (χ0) is 24.9. The van der Waals surface area contributed by atoms with Crippen molar-refractivity contribution in [2.75, 3.05) is 19.6 Å². The first-order valence-corrected chi connectivity index (χ1v) is 12.7. The van der Waals surface area contributed by atoms with E-state index in [1.165, 1.54) is 0 Å². The van der Waals surface area contributed by atoms with Crippen molar-refractivity contribution < 1.29 is 9.59 Å². The molecule has 6 rings (SSSR count). The maximum Gasteiger partial charge on any atom is 0.255 e. The summed E-state index contributed by atoms with van der Waals surface area (Å²) >= 11 is 0. The van der Waals surface area contributed by atoms with Crippen LogP contribution in [0, 0.1) is 11.8 Å². The smallest absolute Gasteiger partial charge is 0.255 e. The van der Waals surface area contributed by atoms with Gasteiger partial charge in [-0.05, 0) is 61.1 Å². The van der Waals surface area contributed by atoms with E-state index in [-0.39, 0.29) is 17.7 Å². The highest BCUT2D eigenvalue weighted by Crippen LogP contribution is 2.35. The van der Waals surface area contributed by atoms with Crippen LogP contribution < -0.4 is 0 Å². The molecule has 2 fully saturated rings. The largest absolute Gasteiger partial charge is 0.342 e. The van der Waals surface area contributed by atoms with E-state index in [2.05, 4.69) is 53.5 Å². The van der Waals surface area contributed by atoms with E-state index >= 15 is 0 Å². The summed E-state index contributed by atoms with van der Waals surface area (Å²) in [6.07, 6.45) is 5.66. The molecule has 182 valence electrons. The molecular formula is C30H30N4O2. The van der Waals surface area contributed by atoms with E-state index in [0.29, 0.717) is 12.5 Å². The van der Waals surface area contributed by atoms with E-state index < -0.39 is 5.54 Å². The van der Waals surface area contributed by atoms with Crippen molar-refractivity contribution in [1.82, 2.24) is 14.8 Å². The molecule has 0 radical (unpaired) electrons. The Morgan fingerprint density at radius 1 is 0.833 bits per heavy atom. The summed E-state index contributed by atoms with van der Waals surface area (Å²) in [7, 11) is 0. The fourth-order valence-corrected chi connectivity index (χ4v) is 5.11. The first-order chi connectivity index (χ1) is 17.4. The monoisotopic (exact) mass is 478 g/mol. The second-order valence-corrected chi connectivity index (χ2v) is 10.7. The predicted octanol–water partition coefficient (Wildman–Crippen LogP) is 4.65. The maximum atomic E-state index is 13.2. The normalized spacial score (nSPS) is 19.3. The Hall–Kier alpha value is -3.80. The molecule has 2 amide bonds. The van der Waals surface area contributed by atoms with Crippen LogP contribution in [0.1, 0.15) is 32.3 Å². The third-order valence-electron chi connectivity index (χ3n) is 7.42. The molecule has 6 heteroatoms. The molecule has 1 saturated heterocycles. The van der Waals surface area contributed by atoms with Gasteiger partial charge in [-0.25, -0.2) is 0 Å². The van der Waals surface area contributed by atoms with Gasteiger partial charge in [-0.3, -0.25) is 24.5 Å². The van der Waals surface area contributed by atoms with Gasteiger partial charge in [-0.1, -0.05) is 48.5 Å². The molecule has 3 aromatic rings. The Morgan fingerprint density at radius 2 is 1.33 bits per heavy atom. The van der Waals surface area contributed by atoms with Gasteiger partial charge >= 0.3 is 0 Å². The van der Waals surface area contributed by atoms with Gasteiger partial charge in [-0.2, -0.15) is 0 Å². The Morgan fingerprint density at radius 3 is 1.86 bits per heavy atom. The van der Waals surface area contributed by atoms with Crippen LogP contribution in [0.4, 0.5) is 0 Å². The van der Waals surface area contributed by atoms with Crippen molar-refractivity contribution in [3.63, 3.8) is 0 Å². The summed E-state index contributed by atoms with van der Waals surface area (Å²) in [5.41, 5.74) is 4.72. The summed E-state index contributed by atoms with van der Waals surface area (Å²) in [6.45, 7) is 5.83. The van der Waals surface area contributed by atoms with Crippen LogP contribution in [-0.4, -0.2) is 57.6 Å². The minimum Gasteiger partial charge on any atom is -0.342 e. The molecule has 1 aromatic heterocycles. The fraction of sp³-hybridized carbons (Fsp3) is 0.333. The van der Waals surface area contributed by atoms with Gasteiger partial charge in [0.25, 0.3) is 5.91 Å². The summed E-state index contributed by atoms with van der Waals surface area (Å²) in [4.78, 5) is 38.1. The van der Waals surface area contributed by atoms with Crippen LogP contribution in [0.3, 0.4) is 0 Å². The zero-order valence-corrected chi connectivity index (χ0v) is 20.7. The van der Waals surface area contributed by atoms with Crippen molar-refractivity contribution >= 4 is 17.6 Å². The molecule has 0 N–H and O–H groups in total. The maximum absolute atomic E-state index is 13.2. The molecule has 0 spiro atoms. The second-order valence-electron chi connectivity index (χ2n) is 10.7. The Balaban J connectivity index is 1.17. The molecule has 1 saturated carbocycles. The molecule has 0 unspecified atom stereocenters. The van der Waals surface area contributed by atoms with Crippen LogP contribution >= 0.6 is 0 Å². The summed E-state index contributed by atoms with van der Waals surface area (Å²) in [5.74, 6) is 1.60. The quantitative estimate of drug-likeness (QED) is 0.518. The molecule has 3 heterocycles. The zero-order valence-electron chi connectivity index (χ0n) is 20.7. The van der Waals surface area contributed by atoms with Gasteiger partial charge in [0.1, 0.15) is 11.4 Å². The highest BCUT2D eigenvalue weighted by atomic mass is 16.2. The molecule has 2 aromatic carbocycles.